The van der Waals surface area contributed by atoms with Crippen molar-refractivity contribution in [2.45, 2.75) is 24.0 Å². The summed E-state index contributed by atoms with van der Waals surface area (Å²) in [7, 11) is -3.71. The third-order valence-corrected chi connectivity index (χ3v) is 4.63. The molecule has 2 heterocycles. The summed E-state index contributed by atoms with van der Waals surface area (Å²) in [5.74, 6) is -1.04. The molecule has 0 saturated carbocycles. The second kappa shape index (κ2) is 6.37. The van der Waals surface area contributed by atoms with Gasteiger partial charge in [-0.1, -0.05) is 6.08 Å². The van der Waals surface area contributed by atoms with Gasteiger partial charge >= 0.3 is 5.97 Å². The minimum atomic E-state index is -3.71. The van der Waals surface area contributed by atoms with E-state index >= 15 is 0 Å². The number of hydrogen-bond donors (Lipinski definition) is 2. The van der Waals surface area contributed by atoms with Crippen molar-refractivity contribution in [3.05, 3.63) is 25.0 Å². The SMILES string of the molecule is C=C[C@@H]1OCC[C@H]1CNS(=O)(=O)c1cnn(CC(=O)O)c1. The van der Waals surface area contributed by atoms with E-state index in [1.54, 1.807) is 6.08 Å². The van der Waals surface area contributed by atoms with Gasteiger partial charge in [-0.3, -0.25) is 9.48 Å². The number of carboxylic acids is 1. The van der Waals surface area contributed by atoms with Crippen LogP contribution in [-0.4, -0.2) is 48.5 Å². The highest BCUT2D eigenvalue weighted by Gasteiger charge is 2.27. The molecular formula is C12H17N3O5S. The van der Waals surface area contributed by atoms with Crippen LogP contribution in [0.1, 0.15) is 6.42 Å². The number of aromatic nitrogens is 2. The van der Waals surface area contributed by atoms with Gasteiger partial charge < -0.3 is 9.84 Å². The summed E-state index contributed by atoms with van der Waals surface area (Å²) in [5.41, 5.74) is 0. The topological polar surface area (TPSA) is 111 Å². The molecule has 9 heteroatoms. The van der Waals surface area contributed by atoms with Crippen molar-refractivity contribution in [3.8, 4) is 0 Å². The molecule has 1 fully saturated rings. The number of sulfonamides is 1. The molecule has 116 valence electrons. The summed E-state index contributed by atoms with van der Waals surface area (Å²) in [6.07, 6.45) is 4.59. The van der Waals surface area contributed by atoms with Crippen LogP contribution in [0.4, 0.5) is 0 Å². The number of carboxylic acid groups (broad SMARTS) is 1. The average molecular weight is 315 g/mol. The van der Waals surface area contributed by atoms with Crippen molar-refractivity contribution in [3.63, 3.8) is 0 Å². The molecule has 0 aliphatic carbocycles. The van der Waals surface area contributed by atoms with Crippen molar-refractivity contribution < 1.29 is 23.1 Å². The summed E-state index contributed by atoms with van der Waals surface area (Å²) in [4.78, 5) is 10.5. The second-order valence-corrected chi connectivity index (χ2v) is 6.51. The Morgan fingerprint density at radius 3 is 3.10 bits per heavy atom. The maximum atomic E-state index is 12.1. The number of hydrogen-bond acceptors (Lipinski definition) is 5. The lowest BCUT2D eigenvalue weighted by Crippen LogP contribution is -2.32. The zero-order valence-corrected chi connectivity index (χ0v) is 12.1. The first-order valence-electron chi connectivity index (χ1n) is 6.40. The molecule has 21 heavy (non-hydrogen) atoms. The molecule has 0 bridgehead atoms. The first-order chi connectivity index (χ1) is 9.92. The number of aliphatic carboxylic acids is 1. The monoisotopic (exact) mass is 315 g/mol. The predicted octanol–water partition coefficient (Wildman–Crippen LogP) is -0.163. The Bertz CT molecular complexity index is 625. The van der Waals surface area contributed by atoms with Crippen LogP contribution in [-0.2, 0) is 26.1 Å². The molecule has 1 saturated heterocycles. The lowest BCUT2D eigenvalue weighted by atomic mass is 10.0. The minimum Gasteiger partial charge on any atom is -0.480 e. The molecule has 0 amide bonds. The maximum Gasteiger partial charge on any atom is 0.325 e. The van der Waals surface area contributed by atoms with E-state index in [0.717, 1.165) is 17.3 Å². The number of nitrogens with zero attached hydrogens (tertiary/aromatic N) is 2. The summed E-state index contributed by atoms with van der Waals surface area (Å²) >= 11 is 0. The molecule has 1 aromatic rings. The van der Waals surface area contributed by atoms with Gasteiger partial charge in [-0.15, -0.1) is 6.58 Å². The Labute approximate surface area is 122 Å². The number of ether oxygens (including phenoxy) is 1. The van der Waals surface area contributed by atoms with Crippen LogP contribution < -0.4 is 4.72 Å². The molecule has 1 aliphatic heterocycles. The molecular weight excluding hydrogens is 298 g/mol. The molecule has 8 nitrogen and oxygen atoms in total. The molecule has 2 N–H and O–H groups in total. The van der Waals surface area contributed by atoms with E-state index in [-0.39, 0.29) is 30.0 Å². The Kier molecular flexibility index (Phi) is 4.76. The minimum absolute atomic E-state index is 0.0475. The average Bonchev–Trinajstić information content (AvgIpc) is 3.04. The lowest BCUT2D eigenvalue weighted by molar-refractivity contribution is -0.137. The summed E-state index contributed by atoms with van der Waals surface area (Å²) in [6, 6.07) is 0. The number of rotatable bonds is 7. The molecule has 0 spiro atoms. The van der Waals surface area contributed by atoms with E-state index < -0.39 is 16.0 Å². The first kappa shape index (κ1) is 15.7. The normalized spacial score (nSPS) is 22.3. The zero-order valence-electron chi connectivity index (χ0n) is 11.3. The van der Waals surface area contributed by atoms with Crippen molar-refractivity contribution >= 4 is 16.0 Å². The Balaban J connectivity index is 1.99. The van der Waals surface area contributed by atoms with Crippen LogP contribution in [0.3, 0.4) is 0 Å². The Morgan fingerprint density at radius 1 is 1.67 bits per heavy atom. The molecule has 1 aliphatic rings. The van der Waals surface area contributed by atoms with Crippen LogP contribution in [0.15, 0.2) is 29.9 Å². The zero-order chi connectivity index (χ0) is 15.5. The van der Waals surface area contributed by atoms with Gasteiger partial charge in [0.2, 0.25) is 10.0 Å². The van der Waals surface area contributed by atoms with Gasteiger partial charge in [0.15, 0.2) is 0 Å². The molecule has 1 aromatic heterocycles. The van der Waals surface area contributed by atoms with Gasteiger partial charge in [-0.25, -0.2) is 13.1 Å². The van der Waals surface area contributed by atoms with E-state index in [4.69, 9.17) is 9.84 Å². The fourth-order valence-corrected chi connectivity index (χ4v) is 3.19. The van der Waals surface area contributed by atoms with Crippen LogP contribution in [0.25, 0.3) is 0 Å². The van der Waals surface area contributed by atoms with Gasteiger partial charge in [-0.05, 0) is 6.42 Å². The molecule has 2 atom stereocenters. The van der Waals surface area contributed by atoms with E-state index in [2.05, 4.69) is 16.4 Å². The van der Waals surface area contributed by atoms with Gasteiger partial charge in [0, 0.05) is 25.3 Å². The Hall–Kier alpha value is -1.71. The lowest BCUT2D eigenvalue weighted by Gasteiger charge is -2.15. The highest BCUT2D eigenvalue weighted by Crippen LogP contribution is 2.21. The Morgan fingerprint density at radius 2 is 2.43 bits per heavy atom. The smallest absolute Gasteiger partial charge is 0.325 e. The number of nitrogens with one attached hydrogen (secondary N) is 1. The molecule has 2 rings (SSSR count). The van der Waals surface area contributed by atoms with Crippen molar-refractivity contribution in [2.75, 3.05) is 13.2 Å². The third-order valence-electron chi connectivity index (χ3n) is 3.25. The molecule has 0 aromatic carbocycles. The maximum absolute atomic E-state index is 12.1. The molecule has 0 unspecified atom stereocenters. The highest BCUT2D eigenvalue weighted by molar-refractivity contribution is 7.89. The predicted molar refractivity (Wildman–Crippen MR) is 73.1 cm³/mol. The second-order valence-electron chi connectivity index (χ2n) is 4.74. The quantitative estimate of drug-likeness (QED) is 0.676. The van der Waals surface area contributed by atoms with Crippen LogP contribution >= 0.6 is 0 Å². The van der Waals surface area contributed by atoms with Crippen LogP contribution in [0.2, 0.25) is 0 Å². The fraction of sp³-hybridized carbons (Fsp3) is 0.500. The summed E-state index contributed by atoms with van der Waals surface area (Å²) < 4.78 is 33.2. The van der Waals surface area contributed by atoms with Gasteiger partial charge in [0.25, 0.3) is 0 Å². The molecule has 0 radical (unpaired) electrons. The van der Waals surface area contributed by atoms with Crippen molar-refractivity contribution in [1.29, 1.82) is 0 Å². The van der Waals surface area contributed by atoms with Crippen LogP contribution in [0.5, 0.6) is 0 Å². The van der Waals surface area contributed by atoms with Crippen molar-refractivity contribution in [1.82, 2.24) is 14.5 Å². The fourth-order valence-electron chi connectivity index (χ4n) is 2.14. The van der Waals surface area contributed by atoms with Crippen molar-refractivity contribution in [2.24, 2.45) is 5.92 Å². The number of carbonyl (C=O) groups is 1. The summed E-state index contributed by atoms with van der Waals surface area (Å²) in [5, 5.41) is 12.3. The van der Waals surface area contributed by atoms with Gasteiger partial charge in [0.05, 0.1) is 12.3 Å². The van der Waals surface area contributed by atoms with Crippen LogP contribution in [0, 0.1) is 5.92 Å². The van der Waals surface area contributed by atoms with Gasteiger partial charge in [0.1, 0.15) is 11.4 Å². The van der Waals surface area contributed by atoms with E-state index in [1.807, 2.05) is 0 Å². The van der Waals surface area contributed by atoms with E-state index in [1.165, 1.54) is 6.20 Å². The standard InChI is InChI=1S/C12H17N3O5S/c1-2-11-9(3-4-20-11)5-14-21(18,19)10-6-13-15(7-10)8-12(16)17/h2,6-7,9,11,14H,1,3-5,8H2,(H,16,17)/t9-,11-/m0/s1. The highest BCUT2D eigenvalue weighted by atomic mass is 32.2. The summed E-state index contributed by atoms with van der Waals surface area (Å²) in [6.45, 7) is 4.09. The van der Waals surface area contributed by atoms with E-state index in [0.29, 0.717) is 6.61 Å². The first-order valence-corrected chi connectivity index (χ1v) is 7.89. The van der Waals surface area contributed by atoms with E-state index in [9.17, 15) is 13.2 Å². The third kappa shape index (κ3) is 3.90. The van der Waals surface area contributed by atoms with Gasteiger partial charge in [-0.2, -0.15) is 5.10 Å². The largest absolute Gasteiger partial charge is 0.480 e.